The number of halogens is 1. The first kappa shape index (κ1) is 16.4. The Morgan fingerprint density at radius 2 is 1.84 bits per heavy atom. The largest absolute Gasteiger partial charge is 0.496 e. The zero-order valence-corrected chi connectivity index (χ0v) is 13.5. The van der Waals surface area contributed by atoms with Crippen molar-refractivity contribution in [2.75, 3.05) is 7.11 Å². The van der Waals surface area contributed by atoms with Gasteiger partial charge in [-0.15, -0.1) is 0 Å². The number of benzene rings is 3. The molecule has 0 aliphatic carbocycles. The molecule has 0 unspecified atom stereocenters. The van der Waals surface area contributed by atoms with Gasteiger partial charge in [-0.3, -0.25) is 4.79 Å². The van der Waals surface area contributed by atoms with E-state index in [1.165, 1.54) is 19.2 Å². The van der Waals surface area contributed by atoms with Gasteiger partial charge in [-0.25, -0.2) is 4.39 Å². The quantitative estimate of drug-likeness (QED) is 0.568. The number of rotatable bonds is 3. The average Bonchev–Trinajstić information content (AvgIpc) is 2.60. The molecule has 0 aliphatic heterocycles. The molecular weight excluding hydrogens is 321 g/mol. The van der Waals surface area contributed by atoms with Gasteiger partial charge < -0.3 is 16.2 Å². The number of fused-ring (bicyclic) bond motifs is 1. The number of nitrogens with zero attached hydrogens (tertiary/aromatic N) is 1. The van der Waals surface area contributed by atoms with Gasteiger partial charge in [0.25, 0.3) is 5.91 Å². The third-order valence-electron chi connectivity index (χ3n) is 3.81. The SMILES string of the molecule is COc1cc(F)ccc1-c1cccc2ccc(C(=O)N=C(N)N)cc12. The topological polar surface area (TPSA) is 90.7 Å². The van der Waals surface area contributed by atoms with Crippen LogP contribution in [0.25, 0.3) is 21.9 Å². The van der Waals surface area contributed by atoms with Crippen molar-refractivity contribution >= 4 is 22.6 Å². The summed E-state index contributed by atoms with van der Waals surface area (Å²) < 4.78 is 18.8. The second-order valence-corrected chi connectivity index (χ2v) is 5.43. The number of aliphatic imine (C=N–C) groups is 1. The fourth-order valence-corrected chi connectivity index (χ4v) is 2.71. The van der Waals surface area contributed by atoms with Gasteiger partial charge in [-0.2, -0.15) is 4.99 Å². The van der Waals surface area contributed by atoms with Crippen LogP contribution in [0.3, 0.4) is 0 Å². The van der Waals surface area contributed by atoms with Crippen LogP contribution >= 0.6 is 0 Å². The van der Waals surface area contributed by atoms with Crippen LogP contribution in [0.4, 0.5) is 4.39 Å². The smallest absolute Gasteiger partial charge is 0.280 e. The lowest BCUT2D eigenvalue weighted by molar-refractivity contribution is 0.100. The fourth-order valence-electron chi connectivity index (χ4n) is 2.71. The molecule has 0 aliphatic rings. The predicted octanol–water partition coefficient (Wildman–Crippen LogP) is 3.07. The summed E-state index contributed by atoms with van der Waals surface area (Å²) in [5.41, 5.74) is 12.4. The number of hydrogen-bond acceptors (Lipinski definition) is 2. The second-order valence-electron chi connectivity index (χ2n) is 5.43. The number of guanidine groups is 1. The molecule has 4 N–H and O–H groups in total. The summed E-state index contributed by atoms with van der Waals surface area (Å²) in [6, 6.07) is 15.2. The van der Waals surface area contributed by atoms with Gasteiger partial charge in [0.1, 0.15) is 11.6 Å². The predicted molar refractivity (Wildman–Crippen MR) is 96.0 cm³/mol. The Labute approximate surface area is 143 Å². The summed E-state index contributed by atoms with van der Waals surface area (Å²) in [4.78, 5) is 15.7. The van der Waals surface area contributed by atoms with Gasteiger partial charge in [0, 0.05) is 17.2 Å². The highest BCUT2D eigenvalue weighted by molar-refractivity contribution is 6.06. The highest BCUT2D eigenvalue weighted by atomic mass is 19.1. The summed E-state index contributed by atoms with van der Waals surface area (Å²) in [5, 5.41) is 1.73. The third-order valence-corrected chi connectivity index (χ3v) is 3.81. The maximum atomic E-state index is 13.5. The molecule has 0 saturated carbocycles. The molecule has 0 aromatic heterocycles. The summed E-state index contributed by atoms with van der Waals surface area (Å²) in [6.45, 7) is 0. The molecule has 3 aromatic rings. The molecule has 0 fully saturated rings. The molecule has 0 atom stereocenters. The van der Waals surface area contributed by atoms with E-state index in [2.05, 4.69) is 4.99 Å². The maximum absolute atomic E-state index is 13.5. The van der Waals surface area contributed by atoms with E-state index < -0.39 is 5.91 Å². The maximum Gasteiger partial charge on any atom is 0.280 e. The fraction of sp³-hybridized carbons (Fsp3) is 0.0526. The van der Waals surface area contributed by atoms with E-state index in [0.29, 0.717) is 11.3 Å². The Morgan fingerprint density at radius 3 is 2.56 bits per heavy atom. The first-order chi connectivity index (χ1) is 12.0. The lowest BCUT2D eigenvalue weighted by Crippen LogP contribution is -2.24. The molecule has 1 amide bonds. The molecule has 0 saturated heterocycles. The zero-order chi connectivity index (χ0) is 18.0. The van der Waals surface area contributed by atoms with Crippen LogP contribution in [0.5, 0.6) is 5.75 Å². The van der Waals surface area contributed by atoms with Gasteiger partial charge in [0.05, 0.1) is 7.11 Å². The number of hydrogen-bond donors (Lipinski definition) is 2. The van der Waals surface area contributed by atoms with Crippen LogP contribution in [-0.4, -0.2) is 19.0 Å². The highest BCUT2D eigenvalue weighted by Gasteiger charge is 2.12. The first-order valence-electron chi connectivity index (χ1n) is 7.50. The van der Waals surface area contributed by atoms with Crippen molar-refractivity contribution in [3.63, 3.8) is 0 Å². The molecular formula is C19H16FN3O2. The summed E-state index contributed by atoms with van der Waals surface area (Å²) >= 11 is 0. The van der Waals surface area contributed by atoms with E-state index in [-0.39, 0.29) is 11.8 Å². The molecule has 0 radical (unpaired) electrons. The van der Waals surface area contributed by atoms with E-state index in [1.807, 2.05) is 24.3 Å². The molecule has 0 spiro atoms. The van der Waals surface area contributed by atoms with Crippen molar-refractivity contribution in [2.45, 2.75) is 0 Å². The molecule has 0 bridgehead atoms. The zero-order valence-electron chi connectivity index (χ0n) is 13.5. The first-order valence-corrected chi connectivity index (χ1v) is 7.50. The van der Waals surface area contributed by atoms with Crippen LogP contribution in [-0.2, 0) is 0 Å². The Bertz CT molecular complexity index is 995. The van der Waals surface area contributed by atoms with Crippen molar-refractivity contribution in [3.05, 3.63) is 66.0 Å². The normalized spacial score (nSPS) is 10.5. The number of carbonyl (C=O) groups is 1. The number of carbonyl (C=O) groups excluding carboxylic acids is 1. The van der Waals surface area contributed by atoms with Crippen molar-refractivity contribution in [1.29, 1.82) is 0 Å². The molecule has 6 heteroatoms. The standard InChI is InChI=1S/C19H16FN3O2/c1-25-17-10-13(20)7-8-15(17)14-4-2-3-11-5-6-12(9-16(11)14)18(24)23-19(21)22/h2-10H,1H3,(H4,21,22,23,24). The van der Waals surface area contributed by atoms with Gasteiger partial charge in [-0.1, -0.05) is 24.3 Å². The minimum atomic E-state index is -0.525. The van der Waals surface area contributed by atoms with Gasteiger partial charge in [-0.05, 0) is 40.6 Å². The minimum Gasteiger partial charge on any atom is -0.496 e. The van der Waals surface area contributed by atoms with Crippen molar-refractivity contribution < 1.29 is 13.9 Å². The minimum absolute atomic E-state index is 0.293. The molecule has 5 nitrogen and oxygen atoms in total. The van der Waals surface area contributed by atoms with E-state index in [0.717, 1.165) is 21.9 Å². The van der Waals surface area contributed by atoms with Crippen LogP contribution in [0, 0.1) is 5.82 Å². The number of amides is 1. The number of nitrogens with two attached hydrogens (primary N) is 2. The summed E-state index contributed by atoms with van der Waals surface area (Å²) in [6.07, 6.45) is 0. The third kappa shape index (κ3) is 3.28. The van der Waals surface area contributed by atoms with E-state index in [9.17, 15) is 9.18 Å². The molecule has 126 valence electrons. The van der Waals surface area contributed by atoms with E-state index in [4.69, 9.17) is 16.2 Å². The van der Waals surface area contributed by atoms with E-state index in [1.54, 1.807) is 18.2 Å². The molecule has 25 heavy (non-hydrogen) atoms. The summed E-state index contributed by atoms with van der Waals surface area (Å²) in [7, 11) is 1.48. The van der Waals surface area contributed by atoms with E-state index >= 15 is 0 Å². The number of methoxy groups -OCH3 is 1. The van der Waals surface area contributed by atoms with Crippen molar-refractivity contribution in [1.82, 2.24) is 0 Å². The Balaban J connectivity index is 2.23. The molecule has 3 rings (SSSR count). The van der Waals surface area contributed by atoms with Crippen LogP contribution in [0.2, 0.25) is 0 Å². The van der Waals surface area contributed by atoms with Gasteiger partial charge in [0.15, 0.2) is 5.96 Å². The van der Waals surface area contributed by atoms with Crippen LogP contribution in [0.15, 0.2) is 59.6 Å². The van der Waals surface area contributed by atoms with Crippen LogP contribution in [0.1, 0.15) is 10.4 Å². The Morgan fingerprint density at radius 1 is 1.04 bits per heavy atom. The monoisotopic (exact) mass is 337 g/mol. The molecule has 0 heterocycles. The second kappa shape index (κ2) is 6.60. The lowest BCUT2D eigenvalue weighted by atomic mass is 9.96. The molecule has 3 aromatic carbocycles. The van der Waals surface area contributed by atoms with Gasteiger partial charge in [0.2, 0.25) is 0 Å². The van der Waals surface area contributed by atoms with Crippen molar-refractivity contribution in [3.8, 4) is 16.9 Å². The Hall–Kier alpha value is -3.41. The number of ether oxygens (including phenoxy) is 1. The summed E-state index contributed by atoms with van der Waals surface area (Å²) in [5.74, 6) is -0.792. The Kier molecular flexibility index (Phi) is 4.35. The van der Waals surface area contributed by atoms with Gasteiger partial charge >= 0.3 is 0 Å². The van der Waals surface area contributed by atoms with Crippen molar-refractivity contribution in [2.24, 2.45) is 16.5 Å². The lowest BCUT2D eigenvalue weighted by Gasteiger charge is -2.12. The van der Waals surface area contributed by atoms with Crippen LogP contribution < -0.4 is 16.2 Å². The highest BCUT2D eigenvalue weighted by Crippen LogP contribution is 2.35. The average molecular weight is 337 g/mol.